The van der Waals surface area contributed by atoms with Gasteiger partial charge in [0.1, 0.15) is 6.04 Å². The summed E-state index contributed by atoms with van der Waals surface area (Å²) in [5.41, 5.74) is 12.8. The van der Waals surface area contributed by atoms with Crippen molar-refractivity contribution in [3.8, 4) is 0 Å². The van der Waals surface area contributed by atoms with Crippen LogP contribution in [0.3, 0.4) is 0 Å². The molecule has 0 aromatic heterocycles. The molecular formula is C12H19N3O. The molecule has 0 aliphatic heterocycles. The van der Waals surface area contributed by atoms with Gasteiger partial charge in [-0.3, -0.25) is 4.79 Å². The molecular weight excluding hydrogens is 202 g/mol. The fourth-order valence-electron chi connectivity index (χ4n) is 1.34. The third-order valence-electron chi connectivity index (χ3n) is 2.44. The van der Waals surface area contributed by atoms with Crippen molar-refractivity contribution in [1.82, 2.24) is 0 Å². The molecule has 4 heteroatoms. The number of benzene rings is 1. The van der Waals surface area contributed by atoms with Crippen LogP contribution in [-0.4, -0.2) is 18.5 Å². The number of hydrogen-bond donors (Lipinski definition) is 3. The fraction of sp³-hybridized carbons (Fsp3) is 0.417. The van der Waals surface area contributed by atoms with Gasteiger partial charge in [0.15, 0.2) is 0 Å². The molecule has 4 nitrogen and oxygen atoms in total. The molecule has 88 valence electrons. The van der Waals surface area contributed by atoms with Gasteiger partial charge in [0.2, 0.25) is 5.91 Å². The lowest BCUT2D eigenvalue weighted by molar-refractivity contribution is -0.118. The molecule has 0 fully saturated rings. The van der Waals surface area contributed by atoms with E-state index in [4.69, 9.17) is 11.5 Å². The van der Waals surface area contributed by atoms with Crippen molar-refractivity contribution in [3.05, 3.63) is 29.8 Å². The summed E-state index contributed by atoms with van der Waals surface area (Å²) in [6.07, 6.45) is 0. The molecule has 0 saturated heterocycles. The second-order valence-corrected chi connectivity index (χ2v) is 4.17. The summed E-state index contributed by atoms with van der Waals surface area (Å²) in [4.78, 5) is 10.8. The quantitative estimate of drug-likeness (QED) is 0.694. The van der Waals surface area contributed by atoms with Gasteiger partial charge in [-0.25, -0.2) is 0 Å². The highest BCUT2D eigenvalue weighted by molar-refractivity contribution is 5.80. The Balaban J connectivity index is 2.60. The molecule has 1 atom stereocenters. The van der Waals surface area contributed by atoms with E-state index in [-0.39, 0.29) is 0 Å². The van der Waals surface area contributed by atoms with Gasteiger partial charge in [0, 0.05) is 12.2 Å². The Morgan fingerprint density at radius 1 is 1.44 bits per heavy atom. The van der Waals surface area contributed by atoms with Crippen LogP contribution in [0.25, 0.3) is 0 Å². The number of nitrogens with one attached hydrogen (secondary N) is 1. The van der Waals surface area contributed by atoms with Crippen molar-refractivity contribution in [2.24, 2.45) is 11.5 Å². The van der Waals surface area contributed by atoms with Crippen LogP contribution in [0.1, 0.15) is 25.3 Å². The van der Waals surface area contributed by atoms with Crippen LogP contribution in [0.5, 0.6) is 0 Å². The van der Waals surface area contributed by atoms with Gasteiger partial charge in [0.25, 0.3) is 0 Å². The van der Waals surface area contributed by atoms with E-state index >= 15 is 0 Å². The van der Waals surface area contributed by atoms with Crippen molar-refractivity contribution >= 4 is 11.6 Å². The third kappa shape index (κ3) is 3.55. The summed E-state index contributed by atoms with van der Waals surface area (Å²) in [5, 5.41) is 3.10. The van der Waals surface area contributed by atoms with E-state index in [9.17, 15) is 4.79 Å². The fourth-order valence-corrected chi connectivity index (χ4v) is 1.34. The Hall–Kier alpha value is -1.55. The van der Waals surface area contributed by atoms with Crippen molar-refractivity contribution in [1.29, 1.82) is 0 Å². The lowest BCUT2D eigenvalue weighted by Crippen LogP contribution is -2.41. The van der Waals surface area contributed by atoms with Crippen molar-refractivity contribution < 1.29 is 4.79 Å². The Kier molecular flexibility index (Phi) is 4.31. The van der Waals surface area contributed by atoms with Gasteiger partial charge in [0.05, 0.1) is 0 Å². The number of hydrogen-bond acceptors (Lipinski definition) is 3. The predicted molar refractivity (Wildman–Crippen MR) is 66.2 cm³/mol. The predicted octanol–water partition coefficient (Wildman–Crippen LogP) is 1.03. The highest BCUT2D eigenvalue weighted by Gasteiger charge is 2.08. The zero-order valence-corrected chi connectivity index (χ0v) is 9.73. The molecule has 1 rings (SSSR count). The number of amides is 1. The van der Waals surface area contributed by atoms with Crippen LogP contribution in [-0.2, 0) is 4.79 Å². The minimum absolute atomic E-state index is 0.358. The standard InChI is InChI=1S/C12H19N3O/c1-8(2)9-4-3-5-10(6-9)15-7-11(13)12(14)16/h3-6,8,11,15H,7,13H2,1-2H3,(H2,14,16). The monoisotopic (exact) mass is 221 g/mol. The van der Waals surface area contributed by atoms with Gasteiger partial charge in [-0.1, -0.05) is 26.0 Å². The first-order valence-electron chi connectivity index (χ1n) is 5.39. The van der Waals surface area contributed by atoms with E-state index < -0.39 is 11.9 Å². The molecule has 16 heavy (non-hydrogen) atoms. The molecule has 1 amide bonds. The SMILES string of the molecule is CC(C)c1cccc(NCC(N)C(N)=O)c1. The molecule has 1 aromatic carbocycles. The first-order chi connectivity index (χ1) is 7.50. The number of primary amides is 1. The number of rotatable bonds is 5. The second kappa shape index (κ2) is 5.51. The number of nitrogens with two attached hydrogens (primary N) is 2. The maximum absolute atomic E-state index is 10.8. The Morgan fingerprint density at radius 3 is 2.69 bits per heavy atom. The normalized spacial score (nSPS) is 12.5. The van der Waals surface area contributed by atoms with Crippen molar-refractivity contribution in [2.75, 3.05) is 11.9 Å². The van der Waals surface area contributed by atoms with Crippen LogP contribution >= 0.6 is 0 Å². The Bertz CT molecular complexity index is 363. The van der Waals surface area contributed by atoms with Crippen molar-refractivity contribution in [3.63, 3.8) is 0 Å². The van der Waals surface area contributed by atoms with Crippen LogP contribution in [0, 0.1) is 0 Å². The van der Waals surface area contributed by atoms with Crippen LogP contribution < -0.4 is 16.8 Å². The highest BCUT2D eigenvalue weighted by atomic mass is 16.1. The van der Waals surface area contributed by atoms with Gasteiger partial charge in [-0.2, -0.15) is 0 Å². The summed E-state index contributed by atoms with van der Waals surface area (Å²) in [6, 6.07) is 7.40. The maximum Gasteiger partial charge on any atom is 0.236 e. The summed E-state index contributed by atoms with van der Waals surface area (Å²) in [7, 11) is 0. The van der Waals surface area contributed by atoms with Gasteiger partial charge in [-0.05, 0) is 23.6 Å². The molecule has 0 saturated carbocycles. The molecule has 5 N–H and O–H groups in total. The smallest absolute Gasteiger partial charge is 0.236 e. The maximum atomic E-state index is 10.8. The van der Waals surface area contributed by atoms with Gasteiger partial charge < -0.3 is 16.8 Å². The minimum atomic E-state index is -0.650. The Labute approximate surface area is 96.0 Å². The van der Waals surface area contributed by atoms with E-state index in [0.717, 1.165) is 5.69 Å². The van der Waals surface area contributed by atoms with Gasteiger partial charge in [-0.15, -0.1) is 0 Å². The highest BCUT2D eigenvalue weighted by Crippen LogP contribution is 2.18. The van der Waals surface area contributed by atoms with Crippen LogP contribution in [0.2, 0.25) is 0 Å². The van der Waals surface area contributed by atoms with Gasteiger partial charge >= 0.3 is 0 Å². The molecule has 1 aromatic rings. The van der Waals surface area contributed by atoms with Crippen molar-refractivity contribution in [2.45, 2.75) is 25.8 Å². The minimum Gasteiger partial charge on any atom is -0.383 e. The van der Waals surface area contributed by atoms with Crippen LogP contribution in [0.4, 0.5) is 5.69 Å². The van der Waals surface area contributed by atoms with E-state index in [1.807, 2.05) is 12.1 Å². The first-order valence-corrected chi connectivity index (χ1v) is 5.39. The number of carbonyl (C=O) groups excluding carboxylic acids is 1. The molecule has 0 aliphatic carbocycles. The average molecular weight is 221 g/mol. The molecule has 0 aliphatic rings. The van der Waals surface area contributed by atoms with E-state index in [1.165, 1.54) is 5.56 Å². The largest absolute Gasteiger partial charge is 0.383 e. The molecule has 1 unspecified atom stereocenters. The summed E-state index contributed by atoms with van der Waals surface area (Å²) in [5.74, 6) is -0.0147. The summed E-state index contributed by atoms with van der Waals surface area (Å²) < 4.78 is 0. The second-order valence-electron chi connectivity index (χ2n) is 4.17. The molecule has 0 bridgehead atoms. The number of anilines is 1. The zero-order chi connectivity index (χ0) is 12.1. The lowest BCUT2D eigenvalue weighted by atomic mass is 10.0. The molecule has 0 spiro atoms. The van der Waals surface area contributed by atoms with Crippen LogP contribution in [0.15, 0.2) is 24.3 Å². The summed E-state index contributed by atoms with van der Waals surface area (Å²) >= 11 is 0. The summed E-state index contributed by atoms with van der Waals surface area (Å²) in [6.45, 7) is 4.62. The van der Waals surface area contributed by atoms with E-state index in [0.29, 0.717) is 12.5 Å². The topological polar surface area (TPSA) is 81.1 Å². The lowest BCUT2D eigenvalue weighted by Gasteiger charge is -2.12. The molecule has 0 radical (unpaired) electrons. The Morgan fingerprint density at radius 2 is 2.12 bits per heavy atom. The average Bonchev–Trinajstić information content (AvgIpc) is 2.26. The van der Waals surface area contributed by atoms with E-state index in [2.05, 4.69) is 31.3 Å². The molecule has 0 heterocycles. The zero-order valence-electron chi connectivity index (χ0n) is 9.73. The number of carbonyl (C=O) groups is 1. The van der Waals surface area contributed by atoms with E-state index in [1.54, 1.807) is 0 Å². The first kappa shape index (κ1) is 12.5. The third-order valence-corrected chi connectivity index (χ3v) is 2.44.